The number of hydrogen-bond acceptors (Lipinski definition) is 12. The Morgan fingerprint density at radius 3 is 0.611 bits per heavy atom. The maximum absolute atomic E-state index is 13.9. The molecule has 0 saturated carbocycles. The van der Waals surface area contributed by atoms with Crippen molar-refractivity contribution in [3.63, 3.8) is 0 Å². The highest BCUT2D eigenvalue weighted by Crippen LogP contribution is 2.14. The van der Waals surface area contributed by atoms with Gasteiger partial charge in [0.05, 0.1) is 0 Å². The fraction of sp³-hybridized carbons (Fsp3) is 0.846. The first-order chi connectivity index (χ1) is 33.5. The zero-order chi connectivity index (χ0) is 54.4. The van der Waals surface area contributed by atoms with Crippen LogP contribution in [0.2, 0.25) is 0 Å². The molecule has 1 rings (SSSR count). The van der Waals surface area contributed by atoms with Crippen LogP contribution in [0.1, 0.15) is 186 Å². The van der Waals surface area contributed by atoms with E-state index in [-0.39, 0.29) is 102 Å². The average Bonchev–Trinajstić information content (AvgIpc) is 3.23. The van der Waals surface area contributed by atoms with E-state index in [0.29, 0.717) is 103 Å². The smallest absolute Gasteiger partial charge is 0.407 e. The Morgan fingerprint density at radius 2 is 0.458 bits per heavy atom. The molecule has 0 aliphatic carbocycles. The van der Waals surface area contributed by atoms with Gasteiger partial charge in [-0.05, 0) is 134 Å². The van der Waals surface area contributed by atoms with Crippen molar-refractivity contribution in [1.82, 2.24) is 40.9 Å². The van der Waals surface area contributed by atoms with Crippen LogP contribution < -0.4 is 21.3 Å². The van der Waals surface area contributed by atoms with E-state index < -0.39 is 46.8 Å². The minimum Gasteiger partial charge on any atom is -0.444 e. The van der Waals surface area contributed by atoms with Crippen LogP contribution >= 0.6 is 0 Å². The molecule has 0 spiro atoms. The van der Waals surface area contributed by atoms with Gasteiger partial charge in [-0.1, -0.05) is 25.7 Å². The Labute approximate surface area is 431 Å². The monoisotopic (exact) mass is 1020 g/mol. The molecule has 20 heteroatoms. The van der Waals surface area contributed by atoms with Crippen molar-refractivity contribution < 1.29 is 57.3 Å². The second kappa shape index (κ2) is 33.6. The fourth-order valence-electron chi connectivity index (χ4n) is 7.37. The molecular weight excluding hydrogens is 929 g/mol. The van der Waals surface area contributed by atoms with Gasteiger partial charge in [0.15, 0.2) is 0 Å². The number of nitrogens with zero attached hydrogens (tertiary/aromatic N) is 4. The quantitative estimate of drug-likeness (QED) is 0.0539. The molecule has 8 amide bonds. The van der Waals surface area contributed by atoms with Gasteiger partial charge in [0.25, 0.3) is 0 Å². The Kier molecular flexibility index (Phi) is 30.4. The van der Waals surface area contributed by atoms with Crippen molar-refractivity contribution in [1.29, 1.82) is 0 Å². The largest absolute Gasteiger partial charge is 0.444 e. The maximum atomic E-state index is 13.9. The van der Waals surface area contributed by atoms with Crippen LogP contribution in [0.25, 0.3) is 0 Å². The Bertz CT molecular complexity index is 1410. The van der Waals surface area contributed by atoms with Crippen LogP contribution in [0.5, 0.6) is 0 Å². The van der Waals surface area contributed by atoms with Gasteiger partial charge in [0.1, 0.15) is 22.4 Å². The minimum absolute atomic E-state index is 0.0972. The van der Waals surface area contributed by atoms with Gasteiger partial charge in [-0.3, -0.25) is 19.2 Å². The summed E-state index contributed by atoms with van der Waals surface area (Å²) in [5.41, 5.74) is -2.42. The lowest BCUT2D eigenvalue weighted by molar-refractivity contribution is -0.139. The van der Waals surface area contributed by atoms with Crippen LogP contribution in [-0.4, -0.2) is 169 Å². The summed E-state index contributed by atoms with van der Waals surface area (Å²) >= 11 is 0. The summed E-state index contributed by atoms with van der Waals surface area (Å²) in [5, 5.41) is 11.0. The number of rotatable bonds is 24. The highest BCUT2D eigenvalue weighted by atomic mass is 16.6. The van der Waals surface area contributed by atoms with Crippen molar-refractivity contribution in [2.45, 2.75) is 208 Å². The Hall–Kier alpha value is -5.04. The number of carbonyl (C=O) groups is 8. The maximum Gasteiger partial charge on any atom is 0.407 e. The van der Waals surface area contributed by atoms with Crippen molar-refractivity contribution in [3.8, 4) is 0 Å². The number of carbonyl (C=O) groups excluding carboxylic acids is 8. The normalized spacial score (nSPS) is 14.3. The summed E-state index contributed by atoms with van der Waals surface area (Å²) < 4.78 is 21.2. The van der Waals surface area contributed by atoms with Crippen molar-refractivity contribution in [2.75, 3.05) is 78.5 Å². The number of ether oxygens (including phenoxy) is 4. The molecule has 0 aromatic rings. The van der Waals surface area contributed by atoms with Crippen molar-refractivity contribution >= 4 is 48.0 Å². The first-order valence-corrected chi connectivity index (χ1v) is 26.5. The van der Waals surface area contributed by atoms with Gasteiger partial charge >= 0.3 is 24.4 Å². The predicted molar refractivity (Wildman–Crippen MR) is 277 cm³/mol. The summed E-state index contributed by atoms with van der Waals surface area (Å²) in [6.07, 6.45) is 6.78. The van der Waals surface area contributed by atoms with E-state index in [1.807, 2.05) is 0 Å². The number of alkyl carbamates (subject to hydrolysis) is 4. The highest BCUT2D eigenvalue weighted by molar-refractivity contribution is 5.79. The Morgan fingerprint density at radius 1 is 0.292 bits per heavy atom. The lowest BCUT2D eigenvalue weighted by Gasteiger charge is -2.35. The summed E-state index contributed by atoms with van der Waals surface area (Å²) in [7, 11) is 0. The molecule has 1 aliphatic rings. The van der Waals surface area contributed by atoms with Crippen molar-refractivity contribution in [3.05, 3.63) is 0 Å². The van der Waals surface area contributed by atoms with Crippen LogP contribution in [-0.2, 0) is 38.1 Å². The number of hydrogen-bond donors (Lipinski definition) is 4. The van der Waals surface area contributed by atoms with Crippen LogP contribution in [0.4, 0.5) is 19.2 Å². The molecule has 416 valence electrons. The second-order valence-corrected chi connectivity index (χ2v) is 22.5. The standard InChI is InChI=1S/C52H96N8O12/c1-49(2,3)69-45(65)53-29-21-13-17-25-41(61)57-33-35-58(42(62)26-18-14-22-30-54-46(66)70-50(4,5)6)37-39-60(44(64)28-20-16-24-32-56-48(68)72-52(10,11)12)40-38-59(36-34-57)43(63)27-19-15-23-31-55-47(67)71-51(7,8)9/h13-40H2,1-12H3,(H,53,65)(H,54,66)(H,55,67)(H,56,68). The number of unbranched alkanes of at least 4 members (excludes halogenated alkanes) is 8. The fourth-order valence-corrected chi connectivity index (χ4v) is 7.37. The average molecular weight is 1030 g/mol. The molecule has 0 atom stereocenters. The summed E-state index contributed by atoms with van der Waals surface area (Å²) in [4.78, 5) is 111. The van der Waals surface area contributed by atoms with Crippen molar-refractivity contribution in [2.24, 2.45) is 0 Å². The molecule has 4 N–H and O–H groups in total. The van der Waals surface area contributed by atoms with E-state index in [9.17, 15) is 38.4 Å². The van der Waals surface area contributed by atoms with E-state index in [4.69, 9.17) is 18.9 Å². The van der Waals surface area contributed by atoms with Gasteiger partial charge in [-0.15, -0.1) is 0 Å². The SMILES string of the molecule is CC(C)(C)OC(=O)NCCCCCC(=O)N1CCN(C(=O)CCCCCNC(=O)OC(C)(C)C)CCN(C(=O)CCCCCNC(=O)OC(C)(C)C)CCN(C(=O)CCCCCNC(=O)OC(C)(C)C)CC1. The van der Waals surface area contributed by atoms with Crippen LogP contribution in [0.3, 0.4) is 0 Å². The first kappa shape index (κ1) is 65.0. The summed E-state index contributed by atoms with van der Waals surface area (Å²) in [5.74, 6) is -0.389. The van der Waals surface area contributed by atoms with E-state index in [2.05, 4.69) is 21.3 Å². The molecule has 0 aromatic carbocycles. The zero-order valence-corrected chi connectivity index (χ0v) is 46.5. The molecule has 0 unspecified atom stereocenters. The molecule has 0 aromatic heterocycles. The molecular formula is C52H96N8O12. The lowest BCUT2D eigenvalue weighted by Crippen LogP contribution is -2.50. The number of amides is 8. The van der Waals surface area contributed by atoms with Gasteiger partial charge in [-0.25, -0.2) is 19.2 Å². The lowest BCUT2D eigenvalue weighted by atomic mass is 10.1. The van der Waals surface area contributed by atoms with E-state index >= 15 is 0 Å². The van der Waals surface area contributed by atoms with Gasteiger partial charge in [-0.2, -0.15) is 0 Å². The molecule has 1 saturated heterocycles. The summed E-state index contributed by atoms with van der Waals surface area (Å²) in [6, 6.07) is 0. The molecule has 20 nitrogen and oxygen atoms in total. The predicted octanol–water partition coefficient (Wildman–Crippen LogP) is 7.65. The molecule has 1 aliphatic heterocycles. The van der Waals surface area contributed by atoms with Crippen LogP contribution in [0, 0.1) is 0 Å². The van der Waals surface area contributed by atoms with E-state index in [1.54, 1.807) is 103 Å². The third-order valence-corrected chi connectivity index (χ3v) is 10.9. The van der Waals surface area contributed by atoms with Crippen LogP contribution in [0.15, 0.2) is 0 Å². The van der Waals surface area contributed by atoms with Gasteiger partial charge in [0.2, 0.25) is 23.6 Å². The first-order valence-electron chi connectivity index (χ1n) is 26.5. The second-order valence-electron chi connectivity index (χ2n) is 22.5. The van der Waals surface area contributed by atoms with Gasteiger partial charge in [0, 0.05) is 104 Å². The third kappa shape index (κ3) is 35.1. The zero-order valence-electron chi connectivity index (χ0n) is 46.5. The molecule has 72 heavy (non-hydrogen) atoms. The minimum atomic E-state index is -0.606. The van der Waals surface area contributed by atoms with E-state index in [1.165, 1.54) is 0 Å². The summed E-state index contributed by atoms with van der Waals surface area (Å²) in [6.45, 7) is 25.1. The molecule has 1 heterocycles. The Balaban J connectivity index is 3.17. The molecule has 0 radical (unpaired) electrons. The number of nitrogens with one attached hydrogen (secondary N) is 4. The molecule has 0 bridgehead atoms. The topological polar surface area (TPSA) is 235 Å². The molecule has 1 fully saturated rings. The van der Waals surface area contributed by atoms with Gasteiger partial charge < -0.3 is 59.8 Å². The highest BCUT2D eigenvalue weighted by Gasteiger charge is 2.26. The van der Waals surface area contributed by atoms with E-state index in [0.717, 1.165) is 0 Å². The third-order valence-electron chi connectivity index (χ3n) is 10.9.